The molecule has 0 unspecified atom stereocenters. The van der Waals surface area contributed by atoms with Crippen molar-refractivity contribution in [2.75, 3.05) is 0 Å². The summed E-state index contributed by atoms with van der Waals surface area (Å²) in [6.45, 7) is 13.2. The van der Waals surface area contributed by atoms with E-state index in [4.69, 9.17) is 0 Å². The molecule has 3 heteroatoms. The predicted molar refractivity (Wildman–Crippen MR) is 211 cm³/mol. The molecule has 8 rings (SSSR count). The Labute approximate surface area is 338 Å². The number of hydrogen-bond donors (Lipinski definition) is 0. The number of benzene rings is 6. The second-order valence-electron chi connectivity index (χ2n) is 13.4. The average molecular weight is 795 g/mol. The van der Waals surface area contributed by atoms with Crippen molar-refractivity contribution in [1.82, 2.24) is 0 Å². The quantitative estimate of drug-likeness (QED) is 0.180. The van der Waals surface area contributed by atoms with Gasteiger partial charge < -0.3 is 24.8 Å². The van der Waals surface area contributed by atoms with Gasteiger partial charge in [-0.25, -0.2) is 12.1 Å². The monoisotopic (exact) mass is 792 g/mol. The Morgan fingerprint density at radius 1 is 0.538 bits per heavy atom. The molecule has 0 aliphatic heterocycles. The largest absolute Gasteiger partial charge is 0.214 e. The fourth-order valence-corrected chi connectivity index (χ4v) is 8.17. The van der Waals surface area contributed by atoms with Gasteiger partial charge in [0.15, 0.2) is 0 Å². The van der Waals surface area contributed by atoms with Gasteiger partial charge in [0.25, 0.3) is 0 Å². The molecule has 7 aromatic carbocycles. The van der Waals surface area contributed by atoms with Gasteiger partial charge in [0, 0.05) is 0 Å². The zero-order valence-corrected chi connectivity index (χ0v) is 34.8. The zero-order valence-electron chi connectivity index (χ0n) is 30.8. The van der Waals surface area contributed by atoms with Crippen molar-refractivity contribution in [2.24, 2.45) is 0 Å². The summed E-state index contributed by atoms with van der Waals surface area (Å²) in [7, 11) is 0. The van der Waals surface area contributed by atoms with Gasteiger partial charge in [-0.15, -0.1) is 11.1 Å². The van der Waals surface area contributed by atoms with Crippen molar-refractivity contribution in [3.05, 3.63) is 207 Å². The van der Waals surface area contributed by atoms with Crippen LogP contribution in [0.3, 0.4) is 0 Å². The maximum absolute atomic E-state index is 3.62. The summed E-state index contributed by atoms with van der Waals surface area (Å²) in [6, 6.07) is 55.5. The van der Waals surface area contributed by atoms with Gasteiger partial charge in [-0.1, -0.05) is 81.4 Å². The van der Waals surface area contributed by atoms with Crippen LogP contribution in [0, 0.1) is 47.6 Å². The third kappa shape index (κ3) is 9.51. The summed E-state index contributed by atoms with van der Waals surface area (Å²) in [5.74, 6) is 0. The van der Waals surface area contributed by atoms with Gasteiger partial charge in [-0.3, -0.25) is 0 Å². The number of hydrogen-bond acceptors (Lipinski definition) is 0. The van der Waals surface area contributed by atoms with Crippen LogP contribution in [-0.2, 0) is 30.7 Å². The van der Waals surface area contributed by atoms with Gasteiger partial charge in [0.05, 0.1) is 0 Å². The molecule has 0 amide bonds. The molecule has 260 valence electrons. The third-order valence-corrected chi connectivity index (χ3v) is 10.8. The average Bonchev–Trinajstić information content (AvgIpc) is 3.81. The zero-order chi connectivity index (χ0) is 35.2. The molecule has 0 saturated carbocycles. The summed E-state index contributed by atoms with van der Waals surface area (Å²) in [6.07, 6.45) is 0.975. The van der Waals surface area contributed by atoms with E-state index in [-0.39, 0.29) is 24.8 Å². The summed E-state index contributed by atoms with van der Waals surface area (Å²) in [5, 5.41) is 0. The van der Waals surface area contributed by atoms with E-state index in [1.165, 1.54) is 116 Å². The Morgan fingerprint density at radius 2 is 1.00 bits per heavy atom. The summed E-state index contributed by atoms with van der Waals surface area (Å²) >= 11 is 1.46. The van der Waals surface area contributed by atoms with E-state index in [0.29, 0.717) is 0 Å². The molecule has 1 aliphatic carbocycles. The number of fused-ring (bicyclic) bond motifs is 3. The van der Waals surface area contributed by atoms with Crippen LogP contribution in [0.15, 0.2) is 146 Å². The first-order valence-corrected chi connectivity index (χ1v) is 18.6. The van der Waals surface area contributed by atoms with Crippen molar-refractivity contribution >= 4 is 3.21 Å². The van der Waals surface area contributed by atoms with Crippen molar-refractivity contribution < 1.29 is 49.0 Å². The molecule has 1 aliphatic rings. The van der Waals surface area contributed by atoms with Gasteiger partial charge in [-0.2, -0.15) is 42.0 Å². The van der Waals surface area contributed by atoms with E-state index in [2.05, 4.69) is 163 Å². The second-order valence-corrected chi connectivity index (χ2v) is 14.7. The molecule has 0 spiro atoms. The topological polar surface area (TPSA) is 0 Å². The van der Waals surface area contributed by atoms with Crippen molar-refractivity contribution in [3.8, 4) is 33.4 Å². The molecule has 52 heavy (non-hydrogen) atoms. The van der Waals surface area contributed by atoms with Crippen LogP contribution in [0.1, 0.15) is 55.6 Å². The van der Waals surface area contributed by atoms with E-state index in [1.807, 2.05) is 30.3 Å². The minimum Gasteiger partial charge on any atom is -0.214 e. The molecule has 0 fully saturated rings. The van der Waals surface area contributed by atoms with Crippen LogP contribution in [0.25, 0.3) is 33.4 Å². The summed E-state index contributed by atoms with van der Waals surface area (Å²) in [4.78, 5) is 0. The van der Waals surface area contributed by atoms with Gasteiger partial charge >= 0.3 is 99.2 Å². The minimum absolute atomic E-state index is 0. The molecule has 0 N–H and O–H groups in total. The fourth-order valence-electron chi connectivity index (χ4n) is 7.35. The molecule has 0 radical (unpaired) electrons. The standard InChI is InChI=1S/C31H29.C13H10.C5H5.2ClH.Zr/c1-18-11-20(3)30(21(4)12-18)26-9-7-24-15-25-8-10-27(17-29(25)28(24)16-26)31-22(5)13-19(2)14-23(31)6;1-3-7-12(8-4-1)11-13-9-5-2-6-10-13;1-2-4-5-3-1;;;/h7,9-14,16-17H,15H2,1-6H3;1-10H;1-5H;2*1H;/q-1;;-1;;;+2/p-2. The van der Waals surface area contributed by atoms with E-state index in [9.17, 15) is 0 Å². The van der Waals surface area contributed by atoms with Crippen molar-refractivity contribution in [3.63, 3.8) is 0 Å². The maximum atomic E-state index is 3.62. The fraction of sp³-hybridized carbons (Fsp3) is 0.143. The van der Waals surface area contributed by atoms with Crippen molar-refractivity contribution in [1.29, 1.82) is 0 Å². The molecule has 0 heterocycles. The van der Waals surface area contributed by atoms with Crippen LogP contribution in [0.2, 0.25) is 0 Å². The smallest absolute Gasteiger partial charge is 0.172 e. The number of rotatable bonds is 4. The molecule has 0 atom stereocenters. The first-order chi connectivity index (χ1) is 24.2. The second kappa shape index (κ2) is 18.7. The SMILES string of the molecule is Cc1cc(C)c(-c2c[c-]c3c(c2)-c2cc(-c4c(C)cc(C)cc4C)ccc2C3)c(C)c1.[Cl-].[Cl-].[Zr+2]=[C](c1ccccc1)c1ccccc1.c1cc[cH-]c1. The molecule has 0 nitrogen and oxygen atoms in total. The normalized spacial score (nSPS) is 10.6. The van der Waals surface area contributed by atoms with Crippen LogP contribution in [0.4, 0.5) is 0 Å². The minimum atomic E-state index is 0. The van der Waals surface area contributed by atoms with Gasteiger partial charge in [0.1, 0.15) is 0 Å². The Bertz CT molecular complexity index is 2040. The molecule has 0 saturated heterocycles. The Kier molecular flexibility index (Phi) is 14.6. The molecular formula is C49H44Cl2Zr-2. The van der Waals surface area contributed by atoms with Crippen molar-refractivity contribution in [2.45, 2.75) is 48.0 Å². The third-order valence-electron chi connectivity index (χ3n) is 9.41. The number of halogens is 2. The van der Waals surface area contributed by atoms with E-state index in [0.717, 1.165) is 6.42 Å². The summed E-state index contributed by atoms with van der Waals surface area (Å²) < 4.78 is 1.42. The number of aryl methyl sites for hydroxylation is 6. The molecule has 7 aromatic rings. The molecule has 0 aromatic heterocycles. The van der Waals surface area contributed by atoms with Gasteiger partial charge in [0.2, 0.25) is 0 Å². The predicted octanol–water partition coefficient (Wildman–Crippen LogP) is 6.46. The molecular weight excluding hydrogens is 751 g/mol. The van der Waals surface area contributed by atoms with E-state index < -0.39 is 0 Å². The van der Waals surface area contributed by atoms with E-state index >= 15 is 0 Å². The Morgan fingerprint density at radius 3 is 1.46 bits per heavy atom. The first kappa shape index (κ1) is 40.8. The maximum Gasteiger partial charge on any atom is -0.172 e. The van der Waals surface area contributed by atoms with Crippen LogP contribution in [-0.4, -0.2) is 3.21 Å². The Balaban J connectivity index is 0.000000238. The Hall–Kier alpha value is -4.00. The van der Waals surface area contributed by atoms with Gasteiger partial charge in [-0.05, 0) is 70.2 Å². The molecule has 0 bridgehead atoms. The first-order valence-electron chi connectivity index (χ1n) is 17.4. The van der Waals surface area contributed by atoms with E-state index in [1.54, 1.807) is 0 Å². The van der Waals surface area contributed by atoms with Crippen LogP contribution >= 0.6 is 0 Å². The van der Waals surface area contributed by atoms with Crippen LogP contribution < -0.4 is 24.8 Å². The van der Waals surface area contributed by atoms with Crippen LogP contribution in [0.5, 0.6) is 0 Å². The summed E-state index contributed by atoms with van der Waals surface area (Å²) in [5.41, 5.74) is 21.4.